The molecule has 1 fully saturated rings. The molecule has 1 saturated heterocycles. The van der Waals surface area contributed by atoms with Crippen molar-refractivity contribution in [3.63, 3.8) is 0 Å². The zero-order valence-electron chi connectivity index (χ0n) is 18.2. The number of nitrogens with zero attached hydrogens (tertiary/aromatic N) is 1. The number of urea groups is 1. The van der Waals surface area contributed by atoms with Crippen molar-refractivity contribution in [2.45, 2.75) is 20.0 Å². The van der Waals surface area contributed by atoms with Gasteiger partial charge in [-0.2, -0.15) is 0 Å². The van der Waals surface area contributed by atoms with Crippen molar-refractivity contribution in [2.24, 2.45) is 0 Å². The normalized spacial score (nSPS) is 15.0. The molecule has 1 aliphatic heterocycles. The molecule has 4 rings (SSSR count). The van der Waals surface area contributed by atoms with Crippen LogP contribution in [0.25, 0.3) is 6.08 Å². The fraction of sp³-hybridized carbons (Fsp3) is 0.115. The van der Waals surface area contributed by atoms with Crippen LogP contribution in [-0.4, -0.2) is 17.8 Å². The largest absolute Gasteiger partial charge is 0.488 e. The number of imide groups is 2. The molecule has 0 bridgehead atoms. The third kappa shape index (κ3) is 5.49. The average molecular weight is 678 g/mol. The SMILES string of the molecule is CCc1ccc(N2C(=O)NC(=O)/C(=C/c3ccc(OCc4ccc(I)cc4)c(I)c3)C2=O)cc1. The molecule has 3 aromatic rings. The standard InChI is InChI=1S/C26H20I2N2O4/c1-2-16-5-10-20(11-6-16)30-25(32)21(24(31)29-26(30)33)13-18-7-12-23(22(28)14-18)34-15-17-3-8-19(27)9-4-17/h3-14H,2,15H2,1H3,(H,29,31,33)/b21-13-. The lowest BCUT2D eigenvalue weighted by atomic mass is 10.1. The van der Waals surface area contributed by atoms with Crippen molar-refractivity contribution in [3.05, 3.63) is 96.1 Å². The maximum absolute atomic E-state index is 13.1. The van der Waals surface area contributed by atoms with Gasteiger partial charge >= 0.3 is 6.03 Å². The number of halogens is 2. The van der Waals surface area contributed by atoms with E-state index < -0.39 is 17.8 Å². The number of carbonyl (C=O) groups is 3. The van der Waals surface area contributed by atoms with Crippen LogP contribution in [-0.2, 0) is 22.6 Å². The topological polar surface area (TPSA) is 75.7 Å². The molecule has 34 heavy (non-hydrogen) atoms. The van der Waals surface area contributed by atoms with Crippen molar-refractivity contribution in [1.82, 2.24) is 5.32 Å². The van der Waals surface area contributed by atoms with E-state index in [-0.39, 0.29) is 5.57 Å². The number of anilines is 1. The van der Waals surface area contributed by atoms with Crippen LogP contribution in [0.5, 0.6) is 5.75 Å². The summed E-state index contributed by atoms with van der Waals surface area (Å²) in [4.78, 5) is 38.9. The molecule has 0 radical (unpaired) electrons. The molecule has 0 spiro atoms. The molecule has 3 aromatic carbocycles. The molecule has 4 amide bonds. The van der Waals surface area contributed by atoms with Gasteiger partial charge in [-0.05, 0) is 111 Å². The first kappa shape index (κ1) is 24.4. The van der Waals surface area contributed by atoms with Crippen molar-refractivity contribution in [3.8, 4) is 5.75 Å². The monoisotopic (exact) mass is 678 g/mol. The lowest BCUT2D eigenvalue weighted by Crippen LogP contribution is -2.54. The summed E-state index contributed by atoms with van der Waals surface area (Å²) in [6, 6.07) is 19.8. The molecule has 0 aliphatic carbocycles. The van der Waals surface area contributed by atoms with Crippen LogP contribution in [0.3, 0.4) is 0 Å². The number of barbiturate groups is 1. The molecule has 1 heterocycles. The van der Waals surface area contributed by atoms with E-state index in [1.165, 1.54) is 6.08 Å². The fourth-order valence-electron chi connectivity index (χ4n) is 3.40. The van der Waals surface area contributed by atoms with Crippen LogP contribution in [0.1, 0.15) is 23.6 Å². The highest BCUT2D eigenvalue weighted by Crippen LogP contribution is 2.26. The highest BCUT2D eigenvalue weighted by Gasteiger charge is 2.36. The van der Waals surface area contributed by atoms with Gasteiger partial charge in [0, 0.05) is 3.57 Å². The number of aryl methyl sites for hydroxylation is 1. The third-order valence-corrected chi connectivity index (χ3v) is 6.84. The Morgan fingerprint density at radius 1 is 0.912 bits per heavy atom. The van der Waals surface area contributed by atoms with E-state index in [1.54, 1.807) is 24.3 Å². The minimum atomic E-state index is -0.759. The Kier molecular flexibility index (Phi) is 7.67. The number of benzene rings is 3. The summed E-state index contributed by atoms with van der Waals surface area (Å²) in [6.45, 7) is 2.45. The summed E-state index contributed by atoms with van der Waals surface area (Å²) < 4.78 is 7.93. The van der Waals surface area contributed by atoms with Gasteiger partial charge in [0.25, 0.3) is 11.8 Å². The van der Waals surface area contributed by atoms with Crippen molar-refractivity contribution >= 4 is 74.8 Å². The highest BCUT2D eigenvalue weighted by atomic mass is 127. The van der Waals surface area contributed by atoms with Crippen molar-refractivity contribution < 1.29 is 19.1 Å². The number of nitrogens with one attached hydrogen (secondary N) is 1. The third-order valence-electron chi connectivity index (χ3n) is 5.28. The molecule has 0 aromatic heterocycles. The molecule has 6 nitrogen and oxygen atoms in total. The summed E-state index contributed by atoms with van der Waals surface area (Å²) in [5, 5.41) is 2.26. The zero-order valence-corrected chi connectivity index (χ0v) is 22.5. The smallest absolute Gasteiger partial charge is 0.335 e. The van der Waals surface area contributed by atoms with Gasteiger partial charge in [0.15, 0.2) is 0 Å². The predicted octanol–water partition coefficient (Wildman–Crippen LogP) is 5.70. The Balaban J connectivity index is 1.54. The van der Waals surface area contributed by atoms with Crippen LogP contribution in [0.4, 0.5) is 10.5 Å². The van der Waals surface area contributed by atoms with Gasteiger partial charge in [0.1, 0.15) is 17.9 Å². The first-order valence-electron chi connectivity index (χ1n) is 10.5. The van der Waals surface area contributed by atoms with Crippen LogP contribution < -0.4 is 15.0 Å². The summed E-state index contributed by atoms with van der Waals surface area (Å²) >= 11 is 4.41. The van der Waals surface area contributed by atoms with Crippen molar-refractivity contribution in [1.29, 1.82) is 0 Å². The predicted molar refractivity (Wildman–Crippen MR) is 147 cm³/mol. The van der Waals surface area contributed by atoms with E-state index in [1.807, 2.05) is 49.4 Å². The lowest BCUT2D eigenvalue weighted by molar-refractivity contribution is -0.122. The second kappa shape index (κ2) is 10.7. The van der Waals surface area contributed by atoms with Crippen LogP contribution >= 0.6 is 45.2 Å². The Morgan fingerprint density at radius 2 is 1.59 bits per heavy atom. The summed E-state index contributed by atoms with van der Waals surface area (Å²) in [7, 11) is 0. The number of carbonyl (C=O) groups excluding carboxylic acids is 3. The van der Waals surface area contributed by atoms with Crippen LogP contribution in [0.15, 0.2) is 72.3 Å². The van der Waals surface area contributed by atoms with Crippen LogP contribution in [0, 0.1) is 7.14 Å². The number of rotatable bonds is 6. The van der Waals surface area contributed by atoms with E-state index >= 15 is 0 Å². The molecule has 0 unspecified atom stereocenters. The first-order chi connectivity index (χ1) is 16.4. The van der Waals surface area contributed by atoms with E-state index in [4.69, 9.17) is 4.74 Å². The van der Waals surface area contributed by atoms with Crippen molar-refractivity contribution in [2.75, 3.05) is 4.90 Å². The Labute approximate surface area is 224 Å². The molecular formula is C26H20I2N2O4. The van der Waals surface area contributed by atoms with Gasteiger partial charge < -0.3 is 4.74 Å². The van der Waals surface area contributed by atoms with Crippen LogP contribution in [0.2, 0.25) is 0 Å². The maximum Gasteiger partial charge on any atom is 0.335 e. The highest BCUT2D eigenvalue weighted by molar-refractivity contribution is 14.1. The number of hydrogen-bond donors (Lipinski definition) is 1. The first-order valence-corrected chi connectivity index (χ1v) is 12.7. The molecule has 172 valence electrons. The summed E-state index contributed by atoms with van der Waals surface area (Å²) in [5.41, 5.74) is 3.10. The minimum Gasteiger partial charge on any atom is -0.488 e. The molecular weight excluding hydrogens is 658 g/mol. The van der Waals surface area contributed by atoms with Gasteiger partial charge in [0.2, 0.25) is 0 Å². The maximum atomic E-state index is 13.1. The van der Waals surface area contributed by atoms with Gasteiger partial charge in [-0.3, -0.25) is 14.9 Å². The van der Waals surface area contributed by atoms with E-state index in [9.17, 15) is 14.4 Å². The fourth-order valence-corrected chi connectivity index (χ4v) is 4.46. The number of ether oxygens (including phenoxy) is 1. The van der Waals surface area contributed by atoms with Gasteiger partial charge in [-0.1, -0.05) is 37.3 Å². The molecule has 0 atom stereocenters. The van der Waals surface area contributed by atoms with Gasteiger partial charge in [0.05, 0.1) is 9.26 Å². The minimum absolute atomic E-state index is 0.109. The quantitative estimate of drug-likeness (QED) is 0.206. The van der Waals surface area contributed by atoms with Gasteiger partial charge in [-0.15, -0.1) is 0 Å². The molecule has 0 saturated carbocycles. The average Bonchev–Trinajstić information content (AvgIpc) is 2.82. The Hall–Kier alpha value is -2.73. The van der Waals surface area contributed by atoms with E-state index in [0.717, 1.165) is 29.6 Å². The number of hydrogen-bond acceptors (Lipinski definition) is 4. The number of amides is 4. The van der Waals surface area contributed by atoms with Gasteiger partial charge in [-0.25, -0.2) is 9.69 Å². The van der Waals surface area contributed by atoms with E-state index in [2.05, 4.69) is 50.5 Å². The Morgan fingerprint density at radius 3 is 2.24 bits per heavy atom. The molecule has 1 aliphatic rings. The summed E-state index contributed by atoms with van der Waals surface area (Å²) in [6.07, 6.45) is 2.33. The molecule has 8 heteroatoms. The van der Waals surface area contributed by atoms with E-state index in [0.29, 0.717) is 23.6 Å². The lowest BCUT2D eigenvalue weighted by Gasteiger charge is -2.26. The molecule has 1 N–H and O–H groups in total. The zero-order chi connectivity index (χ0) is 24.2. The summed E-state index contributed by atoms with van der Waals surface area (Å²) in [5.74, 6) is -0.675. The second-order valence-electron chi connectivity index (χ2n) is 7.58. The second-order valence-corrected chi connectivity index (χ2v) is 9.99. The Bertz CT molecular complexity index is 1290.